The van der Waals surface area contributed by atoms with Crippen molar-refractivity contribution in [1.29, 1.82) is 0 Å². The molecule has 0 aliphatic heterocycles. The van der Waals surface area contributed by atoms with Crippen LogP contribution in [0, 0.1) is 0 Å². The van der Waals surface area contributed by atoms with Crippen molar-refractivity contribution in [3.05, 3.63) is 0 Å². The number of hydrogen-bond acceptors (Lipinski definition) is 0. The summed E-state index contributed by atoms with van der Waals surface area (Å²) in [4.78, 5) is 1.23. The van der Waals surface area contributed by atoms with Gasteiger partial charge in [0, 0.05) is 20.3 Å². The lowest BCUT2D eigenvalue weighted by atomic mass is 10.2. The third kappa shape index (κ3) is 6.62. The zero-order valence-corrected chi connectivity index (χ0v) is 11.8. The Hall–Kier alpha value is 1.92. The van der Waals surface area contributed by atoms with Crippen LogP contribution in [0.3, 0.4) is 0 Å². The van der Waals surface area contributed by atoms with Crippen molar-refractivity contribution < 1.29 is 0 Å². The Labute approximate surface area is 96.0 Å². The summed E-state index contributed by atoms with van der Waals surface area (Å²) in [6.45, 7) is 0. The maximum absolute atomic E-state index is 3.55. The highest BCUT2D eigenvalue weighted by Gasteiger charge is 2.05. The first-order valence-electron chi connectivity index (χ1n) is 3.10. The lowest BCUT2D eigenvalue weighted by molar-refractivity contribution is 0.751. The first kappa shape index (κ1) is 11.9. The van der Waals surface area contributed by atoms with Crippen LogP contribution in [-0.2, 0) is 0 Å². The number of hydrogen-bond donors (Lipinski definition) is 0. The van der Waals surface area contributed by atoms with Gasteiger partial charge in [-0.3, -0.25) is 0 Å². The van der Waals surface area contributed by atoms with Crippen LogP contribution in [0.2, 0.25) is 0 Å². The summed E-state index contributed by atoms with van der Waals surface area (Å²) < 4.78 is 0. The van der Waals surface area contributed by atoms with Crippen LogP contribution in [-0.4, -0.2) is 20.3 Å². The average molecular weight is 402 g/mol. The average Bonchev–Trinajstić information content (AvgIpc) is 1.99. The molecule has 4 heteroatoms. The van der Waals surface area contributed by atoms with Crippen molar-refractivity contribution in [3.63, 3.8) is 0 Å². The lowest BCUT2D eigenvalue weighted by Crippen LogP contribution is -2.05. The van der Waals surface area contributed by atoms with Gasteiger partial charge in [0.05, 0.1) is 0 Å². The van der Waals surface area contributed by atoms with Crippen molar-refractivity contribution in [1.82, 2.24) is 0 Å². The van der Waals surface area contributed by atoms with Crippen LogP contribution >= 0.6 is 63.7 Å². The molecule has 0 saturated carbocycles. The van der Waals surface area contributed by atoms with Gasteiger partial charge in [-0.15, -0.1) is 0 Å². The van der Waals surface area contributed by atoms with Crippen LogP contribution in [0.15, 0.2) is 0 Å². The summed E-state index contributed by atoms with van der Waals surface area (Å²) in [5.74, 6) is 0. The van der Waals surface area contributed by atoms with E-state index < -0.39 is 0 Å². The van der Waals surface area contributed by atoms with Crippen LogP contribution < -0.4 is 0 Å². The SMILES string of the molecule is BrC[C@@H](Br)CC[C@H](Br)CBr. The van der Waals surface area contributed by atoms with Crippen molar-refractivity contribution in [2.45, 2.75) is 22.5 Å². The smallest absolute Gasteiger partial charge is 0.0243 e. The molecule has 10 heavy (non-hydrogen) atoms. The summed E-state index contributed by atoms with van der Waals surface area (Å²) in [6.07, 6.45) is 2.43. The summed E-state index contributed by atoms with van der Waals surface area (Å²) in [5, 5.41) is 2.07. The Morgan fingerprint density at radius 2 is 1.10 bits per heavy atom. The van der Waals surface area contributed by atoms with Gasteiger partial charge in [-0.2, -0.15) is 0 Å². The molecule has 0 spiro atoms. The minimum Gasteiger partial charge on any atom is -0.0916 e. The van der Waals surface area contributed by atoms with Crippen molar-refractivity contribution in [2.24, 2.45) is 0 Å². The Bertz CT molecular complexity index is 66.1. The summed E-state index contributed by atoms with van der Waals surface area (Å²) in [6, 6.07) is 0. The zero-order chi connectivity index (χ0) is 7.98. The summed E-state index contributed by atoms with van der Waals surface area (Å²) in [7, 11) is 0. The largest absolute Gasteiger partial charge is 0.0916 e. The normalized spacial score (nSPS) is 16.8. The van der Waals surface area contributed by atoms with Crippen LogP contribution in [0.5, 0.6) is 0 Å². The topological polar surface area (TPSA) is 0 Å². The minimum atomic E-state index is 0.617. The van der Waals surface area contributed by atoms with E-state index in [-0.39, 0.29) is 0 Å². The van der Waals surface area contributed by atoms with E-state index in [1.807, 2.05) is 0 Å². The number of halogens is 4. The molecule has 0 rings (SSSR count). The first-order chi connectivity index (χ1) is 4.70. The van der Waals surface area contributed by atoms with E-state index in [9.17, 15) is 0 Å². The molecule has 0 aliphatic carbocycles. The molecule has 0 nitrogen and oxygen atoms in total. The van der Waals surface area contributed by atoms with Crippen LogP contribution in [0.4, 0.5) is 0 Å². The number of alkyl halides is 4. The molecule has 0 aromatic carbocycles. The second-order valence-corrected chi connectivity index (χ2v) is 5.97. The summed E-state index contributed by atoms with van der Waals surface area (Å²) >= 11 is 13.9. The van der Waals surface area contributed by atoms with Gasteiger partial charge in [-0.05, 0) is 12.8 Å². The van der Waals surface area contributed by atoms with E-state index in [4.69, 9.17) is 0 Å². The molecule has 0 aromatic heterocycles. The predicted octanol–water partition coefficient (Wildman–Crippen LogP) is 4.08. The highest BCUT2D eigenvalue weighted by atomic mass is 79.9. The van der Waals surface area contributed by atoms with Gasteiger partial charge in [0.2, 0.25) is 0 Å². The second-order valence-electron chi connectivity index (χ2n) is 2.08. The zero-order valence-electron chi connectivity index (χ0n) is 5.49. The maximum Gasteiger partial charge on any atom is 0.0243 e. The third-order valence-electron chi connectivity index (χ3n) is 1.13. The van der Waals surface area contributed by atoms with Gasteiger partial charge in [-0.25, -0.2) is 0 Å². The van der Waals surface area contributed by atoms with E-state index in [0.717, 1.165) is 10.7 Å². The van der Waals surface area contributed by atoms with Gasteiger partial charge >= 0.3 is 0 Å². The van der Waals surface area contributed by atoms with Crippen molar-refractivity contribution in [3.8, 4) is 0 Å². The Morgan fingerprint density at radius 3 is 1.30 bits per heavy atom. The highest BCUT2D eigenvalue weighted by Crippen LogP contribution is 2.17. The van der Waals surface area contributed by atoms with Crippen molar-refractivity contribution >= 4 is 63.7 Å². The molecule has 62 valence electrons. The van der Waals surface area contributed by atoms with E-state index in [1.165, 1.54) is 12.8 Å². The van der Waals surface area contributed by atoms with Crippen molar-refractivity contribution in [2.75, 3.05) is 10.7 Å². The fraction of sp³-hybridized carbons (Fsp3) is 1.00. The lowest BCUT2D eigenvalue weighted by Gasteiger charge is -2.07. The Kier molecular flexibility index (Phi) is 9.02. The van der Waals surface area contributed by atoms with Crippen LogP contribution in [0.25, 0.3) is 0 Å². The molecule has 0 heterocycles. The molecular formula is C6H10Br4. The molecule has 0 N–H and O–H groups in total. The molecule has 0 saturated heterocycles. The van der Waals surface area contributed by atoms with E-state index >= 15 is 0 Å². The highest BCUT2D eigenvalue weighted by molar-refractivity contribution is 9.12. The van der Waals surface area contributed by atoms with Gasteiger partial charge in [0.25, 0.3) is 0 Å². The van der Waals surface area contributed by atoms with Gasteiger partial charge < -0.3 is 0 Å². The minimum absolute atomic E-state index is 0.617. The van der Waals surface area contributed by atoms with Gasteiger partial charge in [0.1, 0.15) is 0 Å². The predicted molar refractivity (Wildman–Crippen MR) is 62.3 cm³/mol. The maximum atomic E-state index is 3.55. The molecule has 0 unspecified atom stereocenters. The molecule has 0 aromatic rings. The molecular weight excluding hydrogens is 392 g/mol. The number of rotatable bonds is 5. The standard InChI is InChI=1S/C6H10Br4/c7-3-5(9)1-2-6(10)4-8/h5-6H,1-4H2/t5-,6-/m0/s1. The van der Waals surface area contributed by atoms with E-state index in [1.54, 1.807) is 0 Å². The molecule has 0 amide bonds. The van der Waals surface area contributed by atoms with E-state index in [2.05, 4.69) is 63.7 Å². The Morgan fingerprint density at radius 1 is 0.800 bits per heavy atom. The fourth-order valence-corrected chi connectivity index (χ4v) is 1.69. The van der Waals surface area contributed by atoms with Gasteiger partial charge in [0.15, 0.2) is 0 Å². The fourth-order valence-electron chi connectivity index (χ4n) is 0.516. The quantitative estimate of drug-likeness (QED) is 0.609. The molecule has 2 atom stereocenters. The van der Waals surface area contributed by atoms with E-state index in [0.29, 0.717) is 9.65 Å². The van der Waals surface area contributed by atoms with Gasteiger partial charge in [-0.1, -0.05) is 63.7 Å². The third-order valence-corrected chi connectivity index (χ3v) is 5.99. The second kappa shape index (κ2) is 7.56. The Balaban J connectivity index is 3.17. The van der Waals surface area contributed by atoms with Crippen LogP contribution in [0.1, 0.15) is 12.8 Å². The molecule has 0 fully saturated rings. The summed E-state index contributed by atoms with van der Waals surface area (Å²) in [5.41, 5.74) is 0. The molecule has 0 radical (unpaired) electrons. The molecule has 0 bridgehead atoms. The monoisotopic (exact) mass is 398 g/mol. The first-order valence-corrected chi connectivity index (χ1v) is 7.18. The molecule has 0 aliphatic rings.